The summed E-state index contributed by atoms with van der Waals surface area (Å²) >= 11 is 0. The number of aryl methyl sites for hydroxylation is 1. The van der Waals surface area contributed by atoms with Crippen LogP contribution >= 0.6 is 24.8 Å². The number of rotatable bonds is 8. The normalized spacial score (nSPS) is 17.8. The second-order valence-corrected chi connectivity index (χ2v) is 11.9. The van der Waals surface area contributed by atoms with Crippen LogP contribution in [0.1, 0.15) is 49.4 Å². The van der Waals surface area contributed by atoms with Crippen molar-refractivity contribution >= 4 is 40.5 Å². The minimum Gasteiger partial charge on any atom is -0.491 e. The first kappa shape index (κ1) is 31.9. The number of piperidine rings is 1. The zero-order chi connectivity index (χ0) is 25.9. The van der Waals surface area contributed by atoms with Crippen LogP contribution in [0.5, 0.6) is 5.75 Å². The van der Waals surface area contributed by atoms with Gasteiger partial charge in [-0.3, -0.25) is 10.1 Å². The maximum absolute atomic E-state index is 13.4. The molecule has 6 nitrogen and oxygen atoms in total. The van der Waals surface area contributed by atoms with Crippen LogP contribution in [0.4, 0.5) is 5.69 Å². The molecule has 1 heterocycles. The Morgan fingerprint density at radius 1 is 1.03 bits per heavy atom. The highest BCUT2D eigenvalue weighted by Gasteiger charge is 2.32. The van der Waals surface area contributed by atoms with E-state index >= 15 is 0 Å². The Balaban J connectivity index is 0.00000253. The summed E-state index contributed by atoms with van der Waals surface area (Å²) in [5.41, 5.74) is 3.82. The largest absolute Gasteiger partial charge is 0.491 e. The molecule has 1 aliphatic rings. The van der Waals surface area contributed by atoms with E-state index in [1.54, 1.807) is 19.2 Å². The molecule has 2 atom stereocenters. The summed E-state index contributed by atoms with van der Waals surface area (Å²) in [6.07, 6.45) is 2.80. The van der Waals surface area contributed by atoms with Gasteiger partial charge in [0, 0.05) is 13.6 Å². The molecule has 0 spiro atoms. The molecular formula is C29H39Cl2N3O3S. The van der Waals surface area contributed by atoms with E-state index in [4.69, 9.17) is 10.6 Å². The Morgan fingerprint density at radius 2 is 1.68 bits per heavy atom. The van der Waals surface area contributed by atoms with Crippen LogP contribution in [-0.4, -0.2) is 33.1 Å². The van der Waals surface area contributed by atoms with E-state index in [0.29, 0.717) is 5.69 Å². The highest BCUT2D eigenvalue weighted by atomic mass is 35.5. The molecule has 2 N–H and O–H groups in total. The van der Waals surface area contributed by atoms with Gasteiger partial charge < -0.3 is 4.74 Å². The second kappa shape index (κ2) is 13.7. The van der Waals surface area contributed by atoms with Gasteiger partial charge in [-0.05, 0) is 87.4 Å². The van der Waals surface area contributed by atoms with Crippen molar-refractivity contribution in [2.24, 2.45) is 11.8 Å². The minimum absolute atomic E-state index is 0. The summed E-state index contributed by atoms with van der Waals surface area (Å²) in [5.74, 6) is 7.56. The van der Waals surface area contributed by atoms with Gasteiger partial charge in [0.2, 0.25) is 0 Å². The van der Waals surface area contributed by atoms with Crippen LogP contribution < -0.4 is 14.9 Å². The Labute approximate surface area is 240 Å². The number of hydrogen-bond donors (Lipinski definition) is 1. The number of nitrogens with two attached hydrogens (primary N) is 1. The van der Waals surface area contributed by atoms with Crippen molar-refractivity contribution in [3.63, 3.8) is 0 Å². The summed E-state index contributed by atoms with van der Waals surface area (Å²) in [6, 6.07) is 23.1. The molecule has 38 heavy (non-hydrogen) atoms. The number of halogens is 2. The number of sulfonamides is 1. The van der Waals surface area contributed by atoms with Gasteiger partial charge in [-0.25, -0.2) is 13.4 Å². The first-order chi connectivity index (χ1) is 17.2. The third-order valence-electron chi connectivity index (χ3n) is 6.87. The molecule has 3 aromatic rings. The van der Waals surface area contributed by atoms with E-state index in [1.165, 1.54) is 9.87 Å². The van der Waals surface area contributed by atoms with Gasteiger partial charge in [0.1, 0.15) is 5.75 Å². The molecule has 0 unspecified atom stereocenters. The maximum atomic E-state index is 13.4. The number of ether oxygens (including phenoxy) is 1. The number of hydrogen-bond acceptors (Lipinski definition) is 5. The van der Waals surface area contributed by atoms with E-state index < -0.39 is 10.0 Å². The van der Waals surface area contributed by atoms with Crippen molar-refractivity contribution in [2.75, 3.05) is 17.9 Å². The summed E-state index contributed by atoms with van der Waals surface area (Å²) in [6.45, 7) is 6.79. The number of anilines is 1. The second-order valence-electron chi connectivity index (χ2n) is 9.94. The highest BCUT2D eigenvalue weighted by Crippen LogP contribution is 2.39. The molecule has 1 fully saturated rings. The Bertz CT molecular complexity index is 1270. The van der Waals surface area contributed by atoms with E-state index in [1.807, 2.05) is 74.3 Å². The van der Waals surface area contributed by atoms with Crippen molar-refractivity contribution in [1.29, 1.82) is 0 Å². The van der Waals surface area contributed by atoms with Gasteiger partial charge in [0.15, 0.2) is 0 Å². The van der Waals surface area contributed by atoms with E-state index in [2.05, 4.69) is 12.1 Å². The van der Waals surface area contributed by atoms with E-state index in [9.17, 15) is 8.42 Å². The van der Waals surface area contributed by atoms with Crippen molar-refractivity contribution in [3.8, 4) is 5.75 Å². The fraction of sp³-hybridized carbons (Fsp3) is 0.379. The Kier molecular flexibility index (Phi) is 11.5. The zero-order valence-corrected chi connectivity index (χ0v) is 24.9. The third-order valence-corrected chi connectivity index (χ3v) is 8.67. The summed E-state index contributed by atoms with van der Waals surface area (Å²) in [4.78, 5) is 0.273. The monoisotopic (exact) mass is 579 g/mol. The highest BCUT2D eigenvalue weighted by molar-refractivity contribution is 7.92. The van der Waals surface area contributed by atoms with Crippen molar-refractivity contribution < 1.29 is 13.2 Å². The number of benzene rings is 3. The molecule has 0 aromatic heterocycles. The predicted molar refractivity (Wildman–Crippen MR) is 160 cm³/mol. The summed E-state index contributed by atoms with van der Waals surface area (Å²) in [5, 5.41) is 1.95. The van der Waals surface area contributed by atoms with Crippen LogP contribution in [0.25, 0.3) is 0 Å². The fourth-order valence-electron chi connectivity index (χ4n) is 5.01. The molecule has 0 bridgehead atoms. The molecule has 9 heteroatoms. The molecule has 4 rings (SSSR count). The lowest BCUT2D eigenvalue weighted by Gasteiger charge is -2.39. The van der Waals surface area contributed by atoms with Gasteiger partial charge in [-0.1, -0.05) is 48.0 Å². The SMILES string of the molecule is Cc1ccc(S(=O)(=O)N(C)c2ccc(OC(C)C)c(C[C@@H]3CCCN(N)[C@@H]3c3ccccc3)c2)cc1.Cl.Cl. The number of hydrazine groups is 1. The Hall–Kier alpha value is -2.29. The molecule has 0 amide bonds. The quantitative estimate of drug-likeness (QED) is 0.316. The van der Waals surface area contributed by atoms with Crippen molar-refractivity contribution in [1.82, 2.24) is 5.01 Å². The molecular weight excluding hydrogens is 541 g/mol. The smallest absolute Gasteiger partial charge is 0.264 e. The van der Waals surface area contributed by atoms with E-state index in [-0.39, 0.29) is 47.8 Å². The van der Waals surface area contributed by atoms with Crippen LogP contribution in [0.2, 0.25) is 0 Å². The first-order valence-electron chi connectivity index (χ1n) is 12.6. The maximum Gasteiger partial charge on any atom is 0.264 e. The van der Waals surface area contributed by atoms with Crippen LogP contribution in [0.15, 0.2) is 77.7 Å². The van der Waals surface area contributed by atoms with Crippen LogP contribution in [-0.2, 0) is 16.4 Å². The predicted octanol–water partition coefficient (Wildman–Crippen LogP) is 6.32. The number of nitrogens with zero attached hydrogens (tertiary/aromatic N) is 2. The molecule has 0 aliphatic carbocycles. The average molecular weight is 581 g/mol. The van der Waals surface area contributed by atoms with Gasteiger partial charge in [0.25, 0.3) is 10.0 Å². The van der Waals surface area contributed by atoms with Gasteiger partial charge in [-0.15, -0.1) is 24.8 Å². The molecule has 3 aromatic carbocycles. The fourth-order valence-corrected chi connectivity index (χ4v) is 6.20. The molecule has 208 valence electrons. The average Bonchev–Trinajstić information content (AvgIpc) is 2.85. The topological polar surface area (TPSA) is 75.9 Å². The lowest BCUT2D eigenvalue weighted by molar-refractivity contribution is 0.0919. The van der Waals surface area contributed by atoms with Gasteiger partial charge in [0.05, 0.1) is 22.7 Å². The molecule has 1 aliphatic heterocycles. The van der Waals surface area contributed by atoms with Crippen molar-refractivity contribution in [3.05, 3.63) is 89.5 Å². The lowest BCUT2D eigenvalue weighted by Crippen LogP contribution is -2.44. The third kappa shape index (κ3) is 7.21. The first-order valence-corrected chi connectivity index (χ1v) is 14.0. The lowest BCUT2D eigenvalue weighted by atomic mass is 9.81. The summed E-state index contributed by atoms with van der Waals surface area (Å²) in [7, 11) is -2.09. The standard InChI is InChI=1S/C29H37N3O3S.2ClH/c1-21(2)35-28-17-14-26(31(4)36(33,34)27-15-12-22(3)13-16-27)20-25(28)19-24-11-8-18-32(30)29(24)23-9-6-5-7-10-23;;/h5-7,9-10,12-17,20-21,24,29H,8,11,18-19,30H2,1-4H3;2*1H/t24-,29+;;/m0../s1. The van der Waals surface area contributed by atoms with Crippen LogP contribution in [0, 0.1) is 12.8 Å². The minimum atomic E-state index is -3.69. The Morgan fingerprint density at radius 3 is 2.32 bits per heavy atom. The van der Waals surface area contributed by atoms with Gasteiger partial charge >= 0.3 is 0 Å². The molecule has 0 saturated carbocycles. The molecule has 0 radical (unpaired) electrons. The summed E-state index contributed by atoms with van der Waals surface area (Å²) < 4.78 is 34.2. The zero-order valence-electron chi connectivity index (χ0n) is 22.4. The molecule has 1 saturated heterocycles. The van der Waals surface area contributed by atoms with E-state index in [0.717, 1.165) is 42.7 Å². The van der Waals surface area contributed by atoms with Crippen LogP contribution in [0.3, 0.4) is 0 Å². The van der Waals surface area contributed by atoms with Crippen molar-refractivity contribution in [2.45, 2.75) is 57.1 Å². The van der Waals surface area contributed by atoms with Gasteiger partial charge in [-0.2, -0.15) is 0 Å².